The van der Waals surface area contributed by atoms with Gasteiger partial charge in [0.15, 0.2) is 11.2 Å². The van der Waals surface area contributed by atoms with Crippen LogP contribution < -0.4 is 11.3 Å². The minimum atomic E-state index is -4.66. The van der Waals surface area contributed by atoms with E-state index in [0.717, 1.165) is 0 Å². The molecule has 0 saturated carbocycles. The van der Waals surface area contributed by atoms with Gasteiger partial charge in [0, 0.05) is 6.42 Å². The molecule has 2 aromatic rings. The molecule has 3 rings (SSSR count). The number of H-pyrrole nitrogens is 1. The number of imidazole rings is 1. The van der Waals surface area contributed by atoms with Crippen LogP contribution in [0.1, 0.15) is 12.6 Å². The van der Waals surface area contributed by atoms with E-state index in [2.05, 4.69) is 19.5 Å². The summed E-state index contributed by atoms with van der Waals surface area (Å²) in [5.74, 6) is -0.0934. The number of aromatic nitrogens is 4. The van der Waals surface area contributed by atoms with E-state index in [9.17, 15) is 14.5 Å². The van der Waals surface area contributed by atoms with E-state index in [4.69, 9.17) is 20.3 Å². The van der Waals surface area contributed by atoms with Crippen LogP contribution in [0.15, 0.2) is 11.1 Å². The first-order valence-corrected chi connectivity index (χ1v) is 8.03. The molecular weight excluding hydrogens is 333 g/mol. The molecule has 23 heavy (non-hydrogen) atoms. The highest BCUT2D eigenvalue weighted by molar-refractivity contribution is 7.46. The predicted molar refractivity (Wildman–Crippen MR) is 75.1 cm³/mol. The summed E-state index contributed by atoms with van der Waals surface area (Å²) in [6.07, 6.45) is -1.26. The van der Waals surface area contributed by atoms with Gasteiger partial charge >= 0.3 is 7.82 Å². The molecule has 6 N–H and O–H groups in total. The van der Waals surface area contributed by atoms with Crippen LogP contribution in [0, 0.1) is 0 Å². The minimum Gasteiger partial charge on any atom is -0.390 e. The zero-order chi connectivity index (χ0) is 16.8. The first kappa shape index (κ1) is 16.1. The van der Waals surface area contributed by atoms with Crippen molar-refractivity contribution >= 4 is 24.9 Å². The molecular formula is C10H14N5O7P. The molecule has 0 radical (unpaired) electrons. The fraction of sp³-hybridized carbons (Fsp3) is 0.500. The van der Waals surface area contributed by atoms with Crippen LogP contribution in [0.3, 0.4) is 0 Å². The van der Waals surface area contributed by atoms with Gasteiger partial charge in [-0.05, 0) is 0 Å². The number of phosphoric acid groups is 1. The van der Waals surface area contributed by atoms with Gasteiger partial charge in [-0.25, -0.2) is 9.55 Å². The van der Waals surface area contributed by atoms with E-state index in [1.165, 1.54) is 10.9 Å². The number of rotatable bonds is 4. The van der Waals surface area contributed by atoms with Crippen molar-refractivity contribution in [1.82, 2.24) is 19.5 Å². The maximum absolute atomic E-state index is 11.7. The number of aliphatic hydroxyl groups excluding tert-OH is 1. The SMILES string of the molecule is Nc1nc2c(ncn2[C@@H]2C[C@@H](O)[C@@H](COP(=O)(O)O)O2)c(=O)[nH]1. The van der Waals surface area contributed by atoms with Crippen molar-refractivity contribution in [2.45, 2.75) is 24.9 Å². The number of nitrogen functional groups attached to an aromatic ring is 1. The lowest BCUT2D eigenvalue weighted by molar-refractivity contribution is -0.0424. The van der Waals surface area contributed by atoms with Crippen molar-refractivity contribution in [2.24, 2.45) is 0 Å². The van der Waals surface area contributed by atoms with Gasteiger partial charge in [-0.1, -0.05) is 0 Å². The summed E-state index contributed by atoms with van der Waals surface area (Å²) in [6, 6.07) is 0. The van der Waals surface area contributed by atoms with Gasteiger partial charge in [-0.3, -0.25) is 18.9 Å². The van der Waals surface area contributed by atoms with Crippen molar-refractivity contribution < 1.29 is 28.7 Å². The number of anilines is 1. The van der Waals surface area contributed by atoms with E-state index in [-0.39, 0.29) is 23.5 Å². The lowest BCUT2D eigenvalue weighted by atomic mass is 10.2. The van der Waals surface area contributed by atoms with Gasteiger partial charge in [-0.2, -0.15) is 4.98 Å². The Bertz CT molecular complexity index is 829. The maximum atomic E-state index is 11.7. The second-order valence-corrected chi connectivity index (χ2v) is 6.23. The lowest BCUT2D eigenvalue weighted by Crippen LogP contribution is -2.25. The Morgan fingerprint density at radius 2 is 2.30 bits per heavy atom. The molecule has 13 heteroatoms. The van der Waals surface area contributed by atoms with Crippen molar-refractivity contribution in [3.8, 4) is 0 Å². The molecule has 0 aromatic carbocycles. The quantitative estimate of drug-likeness (QED) is 0.406. The topological polar surface area (TPSA) is 186 Å². The highest BCUT2D eigenvalue weighted by atomic mass is 31.2. The third kappa shape index (κ3) is 3.27. The normalized spacial score (nSPS) is 25.3. The summed E-state index contributed by atoms with van der Waals surface area (Å²) in [7, 11) is -4.66. The molecule has 0 spiro atoms. The molecule has 3 atom stereocenters. The standard InChI is InChI=1S/C10H14N5O7P/c11-10-13-8-7(9(17)14-10)12-3-15(8)6-1-4(16)5(22-6)2-21-23(18,19)20/h3-6,16H,1-2H2,(H2,18,19,20)(H3,11,13,14,17)/t4-,5-,6+/m1/s1. The van der Waals surface area contributed by atoms with E-state index in [0.29, 0.717) is 0 Å². The van der Waals surface area contributed by atoms with Crippen molar-refractivity contribution in [1.29, 1.82) is 0 Å². The van der Waals surface area contributed by atoms with E-state index in [1.54, 1.807) is 0 Å². The molecule has 1 fully saturated rings. The number of hydrogen-bond acceptors (Lipinski definition) is 8. The Labute approximate surface area is 128 Å². The van der Waals surface area contributed by atoms with Crippen LogP contribution in [0.4, 0.5) is 5.95 Å². The third-order valence-corrected chi connectivity index (χ3v) is 3.86. The van der Waals surface area contributed by atoms with Crippen molar-refractivity contribution in [3.05, 3.63) is 16.7 Å². The first-order chi connectivity index (χ1) is 10.7. The number of ether oxygens (including phenoxy) is 1. The summed E-state index contributed by atoms with van der Waals surface area (Å²) in [6.45, 7) is -0.481. The fourth-order valence-corrected chi connectivity index (χ4v) is 2.70. The minimum absolute atomic E-state index is 0.0622. The molecule has 0 unspecified atom stereocenters. The monoisotopic (exact) mass is 347 g/mol. The number of hydrogen-bond donors (Lipinski definition) is 5. The zero-order valence-corrected chi connectivity index (χ0v) is 12.5. The zero-order valence-electron chi connectivity index (χ0n) is 11.6. The van der Waals surface area contributed by atoms with Crippen LogP contribution >= 0.6 is 7.82 Å². The van der Waals surface area contributed by atoms with Gasteiger partial charge < -0.3 is 25.4 Å². The van der Waals surface area contributed by atoms with Gasteiger partial charge in [0.1, 0.15) is 12.3 Å². The van der Waals surface area contributed by atoms with Crippen LogP contribution in [0.25, 0.3) is 11.2 Å². The number of aromatic amines is 1. The molecule has 1 saturated heterocycles. The van der Waals surface area contributed by atoms with Gasteiger partial charge in [-0.15, -0.1) is 0 Å². The van der Waals surface area contributed by atoms with Crippen LogP contribution in [-0.2, 0) is 13.8 Å². The second kappa shape index (κ2) is 5.67. The largest absolute Gasteiger partial charge is 0.469 e. The van der Waals surface area contributed by atoms with Gasteiger partial charge in [0.25, 0.3) is 5.56 Å². The Morgan fingerprint density at radius 3 is 3.00 bits per heavy atom. The summed E-state index contributed by atoms with van der Waals surface area (Å²) in [5.41, 5.74) is 5.23. The number of nitrogens with one attached hydrogen (secondary N) is 1. The molecule has 0 aliphatic carbocycles. The summed E-state index contributed by atoms with van der Waals surface area (Å²) >= 11 is 0. The molecule has 3 heterocycles. The van der Waals surface area contributed by atoms with Crippen LogP contribution in [-0.4, -0.2) is 53.2 Å². The summed E-state index contributed by atoms with van der Waals surface area (Å²) in [5, 5.41) is 9.93. The second-order valence-electron chi connectivity index (χ2n) is 4.99. The molecule has 1 aliphatic heterocycles. The average Bonchev–Trinajstić information content (AvgIpc) is 2.99. The summed E-state index contributed by atoms with van der Waals surface area (Å²) in [4.78, 5) is 39.3. The van der Waals surface area contributed by atoms with Crippen LogP contribution in [0.2, 0.25) is 0 Å². The molecule has 126 valence electrons. The smallest absolute Gasteiger partial charge is 0.390 e. The fourth-order valence-electron chi connectivity index (χ4n) is 2.36. The van der Waals surface area contributed by atoms with Crippen LogP contribution in [0.5, 0.6) is 0 Å². The maximum Gasteiger partial charge on any atom is 0.469 e. The lowest BCUT2D eigenvalue weighted by Gasteiger charge is -2.16. The van der Waals surface area contributed by atoms with E-state index in [1.807, 2.05) is 0 Å². The molecule has 12 nitrogen and oxygen atoms in total. The molecule has 0 amide bonds. The average molecular weight is 347 g/mol. The van der Waals surface area contributed by atoms with Gasteiger partial charge in [0.2, 0.25) is 5.95 Å². The Kier molecular flexibility index (Phi) is 3.96. The Hall–Kier alpha value is -1.82. The van der Waals surface area contributed by atoms with Crippen molar-refractivity contribution in [2.75, 3.05) is 12.3 Å². The summed E-state index contributed by atoms with van der Waals surface area (Å²) < 4.78 is 22.0. The number of phosphoric ester groups is 1. The number of nitrogens with zero attached hydrogens (tertiary/aromatic N) is 3. The van der Waals surface area contributed by atoms with E-state index < -0.39 is 38.4 Å². The van der Waals surface area contributed by atoms with Gasteiger partial charge in [0.05, 0.1) is 19.0 Å². The molecule has 2 aromatic heterocycles. The van der Waals surface area contributed by atoms with Crippen molar-refractivity contribution in [3.63, 3.8) is 0 Å². The van der Waals surface area contributed by atoms with E-state index >= 15 is 0 Å². The molecule has 1 aliphatic rings. The number of fused-ring (bicyclic) bond motifs is 1. The Morgan fingerprint density at radius 1 is 1.57 bits per heavy atom. The number of aliphatic hydroxyl groups is 1. The third-order valence-electron chi connectivity index (χ3n) is 3.37. The first-order valence-electron chi connectivity index (χ1n) is 6.50. The number of nitrogens with two attached hydrogens (primary N) is 1. The highest BCUT2D eigenvalue weighted by Crippen LogP contribution is 2.38. The molecule has 0 bridgehead atoms. The Balaban J connectivity index is 1.84. The predicted octanol–water partition coefficient (Wildman–Crippen LogP) is -1.54. The highest BCUT2D eigenvalue weighted by Gasteiger charge is 2.37.